The normalized spacial score (nSPS) is 11.9. The molecule has 0 aliphatic carbocycles. The number of nitrogens with zero attached hydrogens (tertiary/aromatic N) is 1. The Hall–Kier alpha value is -4.15. The van der Waals surface area contributed by atoms with Crippen molar-refractivity contribution in [1.29, 1.82) is 0 Å². The molecule has 0 radical (unpaired) electrons. The van der Waals surface area contributed by atoms with E-state index in [2.05, 4.69) is 37.0 Å². The summed E-state index contributed by atoms with van der Waals surface area (Å²) in [6.07, 6.45) is 1.61. The first-order chi connectivity index (χ1) is 18.8. The molecule has 0 aliphatic rings. The second-order valence-corrected chi connectivity index (χ2v) is 10.8. The highest BCUT2D eigenvalue weighted by Gasteiger charge is 2.18. The Labute approximate surface area is 238 Å². The fourth-order valence-electron chi connectivity index (χ4n) is 3.42. The first-order valence-corrected chi connectivity index (χ1v) is 13.6. The minimum absolute atomic E-state index is 0.0832. The minimum atomic E-state index is -0.489. The number of carbonyl (C=O) groups is 3. The van der Waals surface area contributed by atoms with Crippen molar-refractivity contribution in [3.63, 3.8) is 0 Å². The van der Waals surface area contributed by atoms with E-state index in [1.54, 1.807) is 68.5 Å². The van der Waals surface area contributed by atoms with Crippen LogP contribution in [0.15, 0.2) is 105 Å². The SMILES string of the molecule is Cc1cc(NC(=O)C(C)Sc2cccc(NC(=O)/C(=C/c3ccc(Br)cc3)NC(=O)c3ccccc3)c2)no1. The molecule has 1 aromatic heterocycles. The molecule has 1 heterocycles. The second-order valence-electron chi connectivity index (χ2n) is 8.48. The van der Waals surface area contributed by atoms with E-state index in [-0.39, 0.29) is 11.6 Å². The highest BCUT2D eigenvalue weighted by Crippen LogP contribution is 2.27. The standard InChI is InChI=1S/C29H25BrN4O4S/c1-18-15-26(34-38-18)33-27(35)19(2)39-24-10-6-9-23(17-24)31-29(37)25(16-20-11-13-22(30)14-12-20)32-28(36)21-7-4-3-5-8-21/h3-17,19H,1-2H3,(H,31,37)(H,32,36)(H,33,34,35)/b25-16-. The van der Waals surface area contributed by atoms with Crippen LogP contribution in [0.2, 0.25) is 0 Å². The molecule has 0 bridgehead atoms. The van der Waals surface area contributed by atoms with Crippen LogP contribution in [0, 0.1) is 6.92 Å². The van der Waals surface area contributed by atoms with Crippen LogP contribution >= 0.6 is 27.7 Å². The number of aryl methyl sites for hydroxylation is 1. The first-order valence-electron chi connectivity index (χ1n) is 11.9. The molecule has 0 fully saturated rings. The molecule has 4 rings (SSSR count). The lowest BCUT2D eigenvalue weighted by atomic mass is 10.1. The van der Waals surface area contributed by atoms with Crippen LogP contribution in [0.5, 0.6) is 0 Å². The van der Waals surface area contributed by atoms with Gasteiger partial charge >= 0.3 is 0 Å². The van der Waals surface area contributed by atoms with Crippen LogP contribution in [-0.2, 0) is 9.59 Å². The predicted octanol–water partition coefficient (Wildman–Crippen LogP) is 6.27. The predicted molar refractivity (Wildman–Crippen MR) is 156 cm³/mol. The van der Waals surface area contributed by atoms with Gasteiger partial charge in [-0.2, -0.15) is 0 Å². The largest absolute Gasteiger partial charge is 0.360 e. The van der Waals surface area contributed by atoms with Gasteiger partial charge in [-0.05, 0) is 68.0 Å². The van der Waals surface area contributed by atoms with Gasteiger partial charge in [0.15, 0.2) is 5.82 Å². The van der Waals surface area contributed by atoms with Crippen LogP contribution in [0.3, 0.4) is 0 Å². The summed E-state index contributed by atoms with van der Waals surface area (Å²) in [7, 11) is 0. The summed E-state index contributed by atoms with van der Waals surface area (Å²) in [6, 6.07) is 24.8. The molecule has 10 heteroatoms. The van der Waals surface area contributed by atoms with Crippen molar-refractivity contribution in [2.24, 2.45) is 0 Å². The van der Waals surface area contributed by atoms with E-state index in [1.807, 2.05) is 36.4 Å². The number of benzene rings is 3. The third kappa shape index (κ3) is 8.17. The van der Waals surface area contributed by atoms with Crippen molar-refractivity contribution < 1.29 is 18.9 Å². The molecule has 4 aromatic rings. The third-order valence-corrected chi connectivity index (χ3v) is 6.99. The fraction of sp³-hybridized carbons (Fsp3) is 0.103. The van der Waals surface area contributed by atoms with E-state index in [9.17, 15) is 14.4 Å². The van der Waals surface area contributed by atoms with Gasteiger partial charge in [-0.3, -0.25) is 14.4 Å². The number of rotatable bonds is 9. The van der Waals surface area contributed by atoms with Gasteiger partial charge in [-0.15, -0.1) is 11.8 Å². The van der Waals surface area contributed by atoms with E-state index < -0.39 is 17.1 Å². The summed E-state index contributed by atoms with van der Waals surface area (Å²) in [5, 5.41) is 11.6. The number of halogens is 1. The molecule has 1 atom stereocenters. The molecule has 0 saturated heterocycles. The number of nitrogens with one attached hydrogen (secondary N) is 3. The third-order valence-electron chi connectivity index (χ3n) is 5.36. The van der Waals surface area contributed by atoms with Crippen molar-refractivity contribution >= 4 is 63.0 Å². The van der Waals surface area contributed by atoms with Crippen molar-refractivity contribution in [3.8, 4) is 0 Å². The average Bonchev–Trinajstić information content (AvgIpc) is 3.34. The molecule has 0 spiro atoms. The number of hydrogen-bond acceptors (Lipinski definition) is 6. The molecule has 8 nitrogen and oxygen atoms in total. The summed E-state index contributed by atoms with van der Waals surface area (Å²) in [4.78, 5) is 39.5. The molecule has 198 valence electrons. The highest BCUT2D eigenvalue weighted by atomic mass is 79.9. The molecule has 3 N–H and O–H groups in total. The van der Waals surface area contributed by atoms with Gasteiger partial charge < -0.3 is 20.5 Å². The Kier molecular flexibility index (Phi) is 9.35. The maximum atomic E-state index is 13.3. The van der Waals surface area contributed by atoms with Gasteiger partial charge in [-0.25, -0.2) is 0 Å². The Morgan fingerprint density at radius 1 is 0.949 bits per heavy atom. The maximum absolute atomic E-state index is 13.3. The van der Waals surface area contributed by atoms with E-state index in [0.29, 0.717) is 22.8 Å². The lowest BCUT2D eigenvalue weighted by Crippen LogP contribution is -2.30. The Balaban J connectivity index is 1.48. The molecule has 3 amide bonds. The highest BCUT2D eigenvalue weighted by molar-refractivity contribution is 9.10. The lowest BCUT2D eigenvalue weighted by molar-refractivity contribution is -0.115. The molecular formula is C29H25BrN4O4S. The minimum Gasteiger partial charge on any atom is -0.360 e. The van der Waals surface area contributed by atoms with Crippen molar-refractivity contribution in [1.82, 2.24) is 10.5 Å². The average molecular weight is 606 g/mol. The van der Waals surface area contributed by atoms with Crippen molar-refractivity contribution in [3.05, 3.63) is 112 Å². The zero-order valence-electron chi connectivity index (χ0n) is 21.1. The first kappa shape index (κ1) is 27.9. The van der Waals surface area contributed by atoms with Crippen LogP contribution in [0.4, 0.5) is 11.5 Å². The number of hydrogen-bond donors (Lipinski definition) is 3. The zero-order chi connectivity index (χ0) is 27.8. The number of amides is 3. The molecule has 3 aromatic carbocycles. The van der Waals surface area contributed by atoms with Crippen LogP contribution in [0.1, 0.15) is 28.6 Å². The number of anilines is 2. The quantitative estimate of drug-likeness (QED) is 0.153. The lowest BCUT2D eigenvalue weighted by Gasteiger charge is -2.13. The van der Waals surface area contributed by atoms with Crippen molar-refractivity contribution in [2.75, 3.05) is 10.6 Å². The topological polar surface area (TPSA) is 113 Å². The van der Waals surface area contributed by atoms with E-state index in [1.165, 1.54) is 11.8 Å². The van der Waals surface area contributed by atoms with Gasteiger partial charge in [0, 0.05) is 26.7 Å². The summed E-state index contributed by atoms with van der Waals surface area (Å²) in [6.45, 7) is 3.52. The van der Waals surface area contributed by atoms with E-state index in [0.717, 1.165) is 14.9 Å². The summed E-state index contributed by atoms with van der Waals surface area (Å²) in [5.74, 6) is -0.167. The van der Waals surface area contributed by atoms with Crippen LogP contribution in [-0.4, -0.2) is 28.1 Å². The number of thioether (sulfide) groups is 1. The summed E-state index contributed by atoms with van der Waals surface area (Å²) < 4.78 is 5.88. The Morgan fingerprint density at radius 2 is 1.69 bits per heavy atom. The smallest absolute Gasteiger partial charge is 0.272 e. The molecule has 1 unspecified atom stereocenters. The number of carbonyl (C=O) groups excluding carboxylic acids is 3. The number of aromatic nitrogens is 1. The van der Waals surface area contributed by atoms with Crippen LogP contribution in [0.25, 0.3) is 6.08 Å². The van der Waals surface area contributed by atoms with Gasteiger partial charge in [0.05, 0.1) is 5.25 Å². The van der Waals surface area contributed by atoms with Gasteiger partial charge in [0.1, 0.15) is 11.5 Å². The van der Waals surface area contributed by atoms with E-state index >= 15 is 0 Å². The summed E-state index contributed by atoms with van der Waals surface area (Å²) >= 11 is 4.73. The maximum Gasteiger partial charge on any atom is 0.272 e. The second kappa shape index (κ2) is 13.1. The Morgan fingerprint density at radius 3 is 2.38 bits per heavy atom. The van der Waals surface area contributed by atoms with Gasteiger partial charge in [0.2, 0.25) is 5.91 Å². The monoisotopic (exact) mass is 604 g/mol. The van der Waals surface area contributed by atoms with Gasteiger partial charge in [0.25, 0.3) is 11.8 Å². The van der Waals surface area contributed by atoms with Crippen molar-refractivity contribution in [2.45, 2.75) is 24.0 Å². The molecule has 0 aliphatic heterocycles. The zero-order valence-corrected chi connectivity index (χ0v) is 23.5. The molecule has 39 heavy (non-hydrogen) atoms. The molecular weight excluding hydrogens is 580 g/mol. The Bertz CT molecular complexity index is 1500. The van der Waals surface area contributed by atoms with Crippen LogP contribution < -0.4 is 16.0 Å². The fourth-order valence-corrected chi connectivity index (χ4v) is 4.62. The summed E-state index contributed by atoms with van der Waals surface area (Å²) in [5.41, 5.74) is 1.77. The van der Waals surface area contributed by atoms with Gasteiger partial charge in [-0.1, -0.05) is 57.5 Å². The molecule has 0 saturated carbocycles. The van der Waals surface area contributed by atoms with E-state index in [4.69, 9.17) is 4.52 Å².